The van der Waals surface area contributed by atoms with E-state index >= 15 is 0 Å². The maximum atomic E-state index is 13.4. The number of thioether (sulfide) groups is 1. The van der Waals surface area contributed by atoms with E-state index in [9.17, 15) is 13.2 Å². The zero-order valence-electron chi connectivity index (χ0n) is 16.8. The van der Waals surface area contributed by atoms with Crippen LogP contribution in [0.15, 0.2) is 62.5 Å². The van der Waals surface area contributed by atoms with E-state index in [-0.39, 0.29) is 22.2 Å². The number of hydrogen-bond donors (Lipinski definition) is 4. The first-order chi connectivity index (χ1) is 14.6. The number of nitrogens with one attached hydrogen (secondary N) is 2. The molecule has 0 aliphatic heterocycles. The third-order valence-corrected chi connectivity index (χ3v) is 8.88. The SMILES string of the molecule is CSc1sc(C(=N)N)cc1S(=O)(=O)c1cccc(-c2c(C)cccc2NCC(=O)O)c1. The normalized spacial score (nSPS) is 11.3. The lowest BCUT2D eigenvalue weighted by Crippen LogP contribution is -2.13. The van der Waals surface area contributed by atoms with Gasteiger partial charge in [0.15, 0.2) is 0 Å². The second kappa shape index (κ2) is 9.13. The van der Waals surface area contributed by atoms with Crippen molar-refractivity contribution in [2.24, 2.45) is 5.73 Å². The van der Waals surface area contributed by atoms with Crippen molar-refractivity contribution in [1.29, 1.82) is 5.41 Å². The molecule has 1 heterocycles. The lowest BCUT2D eigenvalue weighted by molar-refractivity contribution is -0.134. The summed E-state index contributed by atoms with van der Waals surface area (Å²) in [5, 5.41) is 19.5. The highest BCUT2D eigenvalue weighted by Gasteiger charge is 2.25. The van der Waals surface area contributed by atoms with Gasteiger partial charge in [0.1, 0.15) is 12.4 Å². The minimum Gasteiger partial charge on any atom is -0.480 e. The monoisotopic (exact) mass is 475 g/mol. The molecule has 5 N–H and O–H groups in total. The van der Waals surface area contributed by atoms with Crippen molar-refractivity contribution in [3.8, 4) is 11.1 Å². The predicted molar refractivity (Wildman–Crippen MR) is 125 cm³/mol. The Morgan fingerprint density at radius 3 is 2.58 bits per heavy atom. The summed E-state index contributed by atoms with van der Waals surface area (Å²) in [5.41, 5.74) is 8.43. The van der Waals surface area contributed by atoms with Crippen LogP contribution in [-0.2, 0) is 14.6 Å². The number of carboxylic acids is 1. The van der Waals surface area contributed by atoms with Crippen LogP contribution in [0.25, 0.3) is 11.1 Å². The Morgan fingerprint density at radius 2 is 1.94 bits per heavy atom. The van der Waals surface area contributed by atoms with Crippen molar-refractivity contribution in [2.45, 2.75) is 20.9 Å². The molecule has 7 nitrogen and oxygen atoms in total. The summed E-state index contributed by atoms with van der Waals surface area (Å²) in [6.45, 7) is 1.63. The van der Waals surface area contributed by atoms with Crippen molar-refractivity contribution < 1.29 is 18.3 Å². The van der Waals surface area contributed by atoms with Gasteiger partial charge in [0.05, 0.1) is 18.9 Å². The van der Waals surface area contributed by atoms with Crippen LogP contribution in [0.1, 0.15) is 10.4 Å². The third-order valence-electron chi connectivity index (χ3n) is 4.54. The summed E-state index contributed by atoms with van der Waals surface area (Å²) in [7, 11) is -3.85. The molecule has 10 heteroatoms. The summed E-state index contributed by atoms with van der Waals surface area (Å²) < 4.78 is 27.4. The first-order valence-electron chi connectivity index (χ1n) is 9.08. The number of sulfone groups is 1. The molecule has 3 rings (SSSR count). The van der Waals surface area contributed by atoms with Crippen LogP contribution < -0.4 is 11.1 Å². The number of thiophene rings is 1. The number of nitrogens with two attached hydrogens (primary N) is 1. The van der Waals surface area contributed by atoms with E-state index in [2.05, 4.69) is 5.32 Å². The Bertz CT molecular complexity index is 1270. The number of benzene rings is 2. The zero-order chi connectivity index (χ0) is 22.8. The molecule has 0 spiro atoms. The summed E-state index contributed by atoms with van der Waals surface area (Å²) in [6.07, 6.45) is 1.78. The van der Waals surface area contributed by atoms with E-state index in [0.717, 1.165) is 11.1 Å². The molecule has 0 amide bonds. The molecule has 0 fully saturated rings. The second-order valence-electron chi connectivity index (χ2n) is 6.66. The number of aliphatic carboxylic acids is 1. The number of hydrogen-bond acceptors (Lipinski definition) is 7. The zero-order valence-corrected chi connectivity index (χ0v) is 19.2. The first-order valence-corrected chi connectivity index (χ1v) is 12.6. The summed E-state index contributed by atoms with van der Waals surface area (Å²) in [4.78, 5) is 11.6. The maximum Gasteiger partial charge on any atom is 0.322 e. The van der Waals surface area contributed by atoms with Crippen molar-refractivity contribution in [3.63, 3.8) is 0 Å². The molecule has 0 bridgehead atoms. The Balaban J connectivity index is 2.11. The third kappa shape index (κ3) is 4.76. The molecule has 1 aromatic heterocycles. The highest BCUT2D eigenvalue weighted by atomic mass is 32.2. The smallest absolute Gasteiger partial charge is 0.322 e. The molecule has 31 heavy (non-hydrogen) atoms. The van der Waals surface area contributed by atoms with E-state index in [1.807, 2.05) is 19.1 Å². The fourth-order valence-corrected chi connectivity index (χ4v) is 7.04. The van der Waals surface area contributed by atoms with Crippen LogP contribution in [0.5, 0.6) is 0 Å². The van der Waals surface area contributed by atoms with Gasteiger partial charge in [-0.2, -0.15) is 0 Å². The van der Waals surface area contributed by atoms with E-state index < -0.39 is 15.8 Å². The van der Waals surface area contributed by atoms with E-state index in [0.29, 0.717) is 20.3 Å². The molecule has 0 radical (unpaired) electrons. The summed E-state index contributed by atoms with van der Waals surface area (Å²) in [6, 6.07) is 13.4. The largest absolute Gasteiger partial charge is 0.480 e. The van der Waals surface area contributed by atoms with Crippen LogP contribution >= 0.6 is 23.1 Å². The van der Waals surface area contributed by atoms with Crippen LogP contribution in [0, 0.1) is 12.3 Å². The lowest BCUT2D eigenvalue weighted by Gasteiger charge is -2.15. The first kappa shape index (κ1) is 22.9. The minimum absolute atomic E-state index is 0.112. The number of amidine groups is 1. The average Bonchev–Trinajstić information content (AvgIpc) is 3.18. The van der Waals surface area contributed by atoms with Crippen LogP contribution in [0.3, 0.4) is 0 Å². The lowest BCUT2D eigenvalue weighted by atomic mass is 9.98. The van der Waals surface area contributed by atoms with Crippen molar-refractivity contribution in [3.05, 3.63) is 59.0 Å². The number of aryl methyl sites for hydroxylation is 1. The number of carbonyl (C=O) groups is 1. The maximum absolute atomic E-state index is 13.4. The van der Waals surface area contributed by atoms with Gasteiger partial charge in [-0.3, -0.25) is 10.2 Å². The Labute approximate surface area is 188 Å². The molecule has 0 saturated carbocycles. The van der Waals surface area contributed by atoms with E-state index in [1.165, 1.54) is 35.2 Å². The van der Waals surface area contributed by atoms with Gasteiger partial charge in [-0.1, -0.05) is 24.3 Å². The molecular formula is C21H21N3O4S3. The number of nitrogen functional groups attached to an aromatic ring is 1. The van der Waals surface area contributed by atoms with Gasteiger partial charge in [-0.15, -0.1) is 23.1 Å². The topological polar surface area (TPSA) is 133 Å². The molecular weight excluding hydrogens is 454 g/mol. The molecule has 0 aliphatic carbocycles. The average molecular weight is 476 g/mol. The van der Waals surface area contributed by atoms with Crippen LogP contribution in [-0.4, -0.2) is 38.1 Å². The van der Waals surface area contributed by atoms with Crippen LogP contribution in [0.2, 0.25) is 0 Å². The fourth-order valence-electron chi connectivity index (χ4n) is 3.13. The number of carboxylic acid groups (broad SMARTS) is 1. The summed E-state index contributed by atoms with van der Waals surface area (Å²) in [5.74, 6) is -1.17. The highest BCUT2D eigenvalue weighted by Crippen LogP contribution is 2.38. The Kier molecular flexibility index (Phi) is 6.73. The van der Waals surface area contributed by atoms with Gasteiger partial charge >= 0.3 is 5.97 Å². The van der Waals surface area contributed by atoms with E-state index in [1.54, 1.807) is 30.5 Å². The predicted octanol–water partition coefficient (Wildman–Crippen LogP) is 4.06. The molecule has 0 unspecified atom stereocenters. The van der Waals surface area contributed by atoms with Crippen molar-refractivity contribution >= 4 is 50.4 Å². The number of anilines is 1. The van der Waals surface area contributed by atoms with Gasteiger partial charge in [-0.05, 0) is 48.6 Å². The van der Waals surface area contributed by atoms with Gasteiger partial charge in [0, 0.05) is 11.3 Å². The molecule has 162 valence electrons. The van der Waals surface area contributed by atoms with Gasteiger partial charge < -0.3 is 16.2 Å². The molecule has 0 atom stereocenters. The fraction of sp³-hybridized carbons (Fsp3) is 0.143. The van der Waals surface area contributed by atoms with Gasteiger partial charge in [0.2, 0.25) is 9.84 Å². The van der Waals surface area contributed by atoms with E-state index in [4.69, 9.17) is 16.2 Å². The number of rotatable bonds is 8. The van der Waals surface area contributed by atoms with Crippen LogP contribution in [0.4, 0.5) is 5.69 Å². The second-order valence-corrected chi connectivity index (χ2v) is 10.7. The van der Waals surface area contributed by atoms with Crippen molar-refractivity contribution in [2.75, 3.05) is 18.1 Å². The Morgan fingerprint density at radius 1 is 1.23 bits per heavy atom. The quantitative estimate of drug-likeness (QED) is 0.219. The van der Waals surface area contributed by atoms with Gasteiger partial charge in [0.25, 0.3) is 0 Å². The molecule has 2 aromatic carbocycles. The van der Waals surface area contributed by atoms with Gasteiger partial charge in [-0.25, -0.2) is 8.42 Å². The minimum atomic E-state index is -3.85. The summed E-state index contributed by atoms with van der Waals surface area (Å²) >= 11 is 2.46. The molecule has 3 aromatic rings. The molecule has 0 aliphatic rings. The Hall–Kier alpha value is -2.82. The standard InChI is InChI=1S/C21H21N3O4S3/c1-12-5-3-8-15(24-11-18(25)26)19(12)13-6-4-7-14(9-13)31(27,28)17-10-16(20(22)23)30-21(17)29-2/h3-10,24H,11H2,1-2H3,(H3,22,23)(H,25,26). The highest BCUT2D eigenvalue weighted by molar-refractivity contribution is 8.01. The molecule has 0 saturated heterocycles. The van der Waals surface area contributed by atoms with Crippen molar-refractivity contribution in [1.82, 2.24) is 0 Å².